The summed E-state index contributed by atoms with van der Waals surface area (Å²) in [5, 5.41) is 2.88. The Hall–Kier alpha value is -2.32. The molecule has 1 fully saturated rings. The van der Waals surface area contributed by atoms with Crippen LogP contribution in [0.5, 0.6) is 11.5 Å². The van der Waals surface area contributed by atoms with Gasteiger partial charge in [0.15, 0.2) is 6.61 Å². The van der Waals surface area contributed by atoms with Gasteiger partial charge in [0, 0.05) is 46.4 Å². The first kappa shape index (κ1) is 23.0. The van der Waals surface area contributed by atoms with Crippen LogP contribution in [0.25, 0.3) is 0 Å². The lowest BCUT2D eigenvalue weighted by molar-refractivity contribution is -0.135. The van der Waals surface area contributed by atoms with Crippen LogP contribution in [0.1, 0.15) is 19.8 Å². The van der Waals surface area contributed by atoms with E-state index in [-0.39, 0.29) is 18.4 Å². The summed E-state index contributed by atoms with van der Waals surface area (Å²) in [5.74, 6) is 1.41. The molecule has 1 aliphatic heterocycles. The third kappa shape index (κ3) is 8.70. The summed E-state index contributed by atoms with van der Waals surface area (Å²) in [5.41, 5.74) is 0. The molecule has 29 heavy (non-hydrogen) atoms. The van der Waals surface area contributed by atoms with Gasteiger partial charge in [-0.25, -0.2) is 0 Å². The minimum Gasteiger partial charge on any atom is -0.494 e. The zero-order chi connectivity index (χ0) is 20.9. The topological polar surface area (TPSA) is 80.3 Å². The number of benzene rings is 1. The van der Waals surface area contributed by atoms with Gasteiger partial charge in [-0.15, -0.1) is 0 Å². The number of nitrogens with zero attached hydrogens (tertiary/aromatic N) is 2. The molecule has 1 aromatic rings. The van der Waals surface area contributed by atoms with E-state index in [0.29, 0.717) is 58.2 Å². The van der Waals surface area contributed by atoms with Gasteiger partial charge in [0.25, 0.3) is 5.91 Å². The van der Waals surface area contributed by atoms with Gasteiger partial charge in [-0.3, -0.25) is 14.5 Å². The molecule has 0 radical (unpaired) electrons. The molecular formula is C21H33N3O5. The van der Waals surface area contributed by atoms with Crippen molar-refractivity contribution in [2.24, 2.45) is 0 Å². The Morgan fingerprint density at radius 1 is 1.00 bits per heavy atom. The summed E-state index contributed by atoms with van der Waals surface area (Å²) < 4.78 is 16.1. The Kier molecular flexibility index (Phi) is 10.3. The number of carbonyl (C=O) groups is 2. The largest absolute Gasteiger partial charge is 0.494 e. The fourth-order valence-electron chi connectivity index (χ4n) is 2.95. The fraction of sp³-hybridized carbons (Fsp3) is 0.619. The molecule has 1 aromatic carbocycles. The predicted octanol–water partition coefficient (Wildman–Crippen LogP) is 1.15. The highest BCUT2D eigenvalue weighted by molar-refractivity contribution is 5.79. The minimum atomic E-state index is -0.0417. The maximum atomic E-state index is 12.4. The highest BCUT2D eigenvalue weighted by Gasteiger charge is 2.22. The highest BCUT2D eigenvalue weighted by Crippen LogP contribution is 2.18. The van der Waals surface area contributed by atoms with Gasteiger partial charge < -0.3 is 24.4 Å². The molecule has 8 heteroatoms. The van der Waals surface area contributed by atoms with Crippen molar-refractivity contribution in [3.8, 4) is 11.5 Å². The van der Waals surface area contributed by atoms with Crippen LogP contribution in [-0.4, -0.2) is 87.8 Å². The van der Waals surface area contributed by atoms with Crippen LogP contribution >= 0.6 is 0 Å². The Bertz CT molecular complexity index is 615. The summed E-state index contributed by atoms with van der Waals surface area (Å²) >= 11 is 0. The van der Waals surface area contributed by atoms with E-state index >= 15 is 0 Å². The summed E-state index contributed by atoms with van der Waals surface area (Å²) in [6.45, 7) is 6.93. The van der Waals surface area contributed by atoms with Crippen molar-refractivity contribution in [1.82, 2.24) is 15.1 Å². The molecule has 162 valence electrons. The molecule has 1 heterocycles. The summed E-state index contributed by atoms with van der Waals surface area (Å²) in [7, 11) is 1.65. The van der Waals surface area contributed by atoms with Crippen LogP contribution in [0.4, 0.5) is 0 Å². The van der Waals surface area contributed by atoms with E-state index < -0.39 is 0 Å². The highest BCUT2D eigenvalue weighted by atomic mass is 16.5. The average Bonchev–Trinajstić information content (AvgIpc) is 2.75. The molecule has 0 saturated carbocycles. The molecule has 0 spiro atoms. The van der Waals surface area contributed by atoms with Crippen LogP contribution in [0.2, 0.25) is 0 Å². The number of ether oxygens (including phenoxy) is 3. The second-order valence-corrected chi connectivity index (χ2v) is 6.96. The van der Waals surface area contributed by atoms with Gasteiger partial charge in [-0.1, -0.05) is 6.92 Å². The number of nitrogens with one attached hydrogen (secondary N) is 1. The van der Waals surface area contributed by atoms with Crippen LogP contribution in [0, 0.1) is 0 Å². The van der Waals surface area contributed by atoms with E-state index in [1.165, 1.54) is 0 Å². The summed E-state index contributed by atoms with van der Waals surface area (Å²) in [6.07, 6.45) is 1.76. The molecule has 0 aliphatic carbocycles. The number of carbonyl (C=O) groups excluding carboxylic acids is 2. The van der Waals surface area contributed by atoms with Crippen molar-refractivity contribution in [2.45, 2.75) is 19.8 Å². The van der Waals surface area contributed by atoms with Gasteiger partial charge >= 0.3 is 0 Å². The Labute approximate surface area is 173 Å². The third-order valence-electron chi connectivity index (χ3n) is 4.60. The Balaban J connectivity index is 1.63. The quantitative estimate of drug-likeness (QED) is 0.524. The lowest BCUT2D eigenvalue weighted by Gasteiger charge is -2.34. The van der Waals surface area contributed by atoms with Crippen molar-refractivity contribution < 1.29 is 23.8 Å². The Morgan fingerprint density at radius 3 is 2.28 bits per heavy atom. The van der Waals surface area contributed by atoms with Crippen molar-refractivity contribution in [1.29, 1.82) is 0 Å². The monoisotopic (exact) mass is 407 g/mol. The SMILES string of the molecule is CCCOc1ccc(OCC(=O)N2CCN(CC(=O)NCCCOC)CC2)cc1. The zero-order valence-corrected chi connectivity index (χ0v) is 17.5. The normalized spacial score (nSPS) is 14.5. The molecule has 1 aliphatic rings. The molecule has 8 nitrogen and oxygen atoms in total. The standard InChI is InChI=1S/C21H33N3O5/c1-3-14-28-18-5-7-19(8-6-18)29-17-21(26)24-12-10-23(11-13-24)16-20(25)22-9-4-15-27-2/h5-8H,3-4,9-17H2,1-2H3,(H,22,25). The van der Waals surface area contributed by atoms with Crippen molar-refractivity contribution in [3.05, 3.63) is 24.3 Å². The second kappa shape index (κ2) is 13.0. The molecule has 1 N–H and O–H groups in total. The lowest BCUT2D eigenvalue weighted by atomic mass is 10.3. The van der Waals surface area contributed by atoms with Crippen LogP contribution < -0.4 is 14.8 Å². The lowest BCUT2D eigenvalue weighted by Crippen LogP contribution is -2.52. The van der Waals surface area contributed by atoms with Gasteiger partial charge in [0.05, 0.1) is 13.2 Å². The van der Waals surface area contributed by atoms with Crippen LogP contribution in [0.15, 0.2) is 24.3 Å². The molecular weight excluding hydrogens is 374 g/mol. The maximum Gasteiger partial charge on any atom is 0.260 e. The minimum absolute atomic E-state index is 0.00908. The first-order valence-electron chi connectivity index (χ1n) is 10.2. The molecule has 2 rings (SSSR count). The van der Waals surface area contributed by atoms with Gasteiger partial charge in [0.2, 0.25) is 5.91 Å². The molecule has 0 bridgehead atoms. The number of methoxy groups -OCH3 is 1. The number of hydrogen-bond acceptors (Lipinski definition) is 6. The van der Waals surface area contributed by atoms with E-state index in [0.717, 1.165) is 18.6 Å². The van der Waals surface area contributed by atoms with E-state index in [1.807, 2.05) is 24.3 Å². The van der Waals surface area contributed by atoms with E-state index in [4.69, 9.17) is 14.2 Å². The van der Waals surface area contributed by atoms with E-state index in [2.05, 4.69) is 17.1 Å². The molecule has 0 aromatic heterocycles. The van der Waals surface area contributed by atoms with Gasteiger partial charge in [0.1, 0.15) is 11.5 Å². The van der Waals surface area contributed by atoms with Gasteiger partial charge in [-0.05, 0) is 37.1 Å². The fourth-order valence-corrected chi connectivity index (χ4v) is 2.95. The number of rotatable bonds is 12. The third-order valence-corrected chi connectivity index (χ3v) is 4.60. The van der Waals surface area contributed by atoms with Crippen molar-refractivity contribution in [2.75, 3.05) is 66.2 Å². The predicted molar refractivity (Wildman–Crippen MR) is 110 cm³/mol. The van der Waals surface area contributed by atoms with E-state index in [1.54, 1.807) is 12.0 Å². The molecule has 1 saturated heterocycles. The Morgan fingerprint density at radius 2 is 1.66 bits per heavy atom. The number of piperazine rings is 1. The average molecular weight is 408 g/mol. The molecule has 2 amide bonds. The summed E-state index contributed by atoms with van der Waals surface area (Å²) in [6, 6.07) is 7.30. The smallest absolute Gasteiger partial charge is 0.260 e. The first-order valence-corrected chi connectivity index (χ1v) is 10.2. The van der Waals surface area contributed by atoms with Crippen LogP contribution in [0.3, 0.4) is 0 Å². The van der Waals surface area contributed by atoms with Crippen molar-refractivity contribution >= 4 is 11.8 Å². The zero-order valence-electron chi connectivity index (χ0n) is 17.5. The maximum absolute atomic E-state index is 12.4. The van der Waals surface area contributed by atoms with E-state index in [9.17, 15) is 9.59 Å². The van der Waals surface area contributed by atoms with Crippen LogP contribution in [-0.2, 0) is 14.3 Å². The number of hydrogen-bond donors (Lipinski definition) is 1. The van der Waals surface area contributed by atoms with Crippen molar-refractivity contribution in [3.63, 3.8) is 0 Å². The molecule has 0 atom stereocenters. The van der Waals surface area contributed by atoms with Gasteiger partial charge in [-0.2, -0.15) is 0 Å². The second-order valence-electron chi connectivity index (χ2n) is 6.96. The summed E-state index contributed by atoms with van der Waals surface area (Å²) in [4.78, 5) is 28.2. The first-order chi connectivity index (χ1) is 14.1. The molecule has 0 unspecified atom stereocenters. The number of amides is 2.